The summed E-state index contributed by atoms with van der Waals surface area (Å²) < 4.78 is 13.7. The molecular formula is C32H43FN6. The van der Waals surface area contributed by atoms with Crippen LogP contribution in [0.25, 0.3) is 11.3 Å². The van der Waals surface area contributed by atoms with Crippen molar-refractivity contribution in [1.82, 2.24) is 29.6 Å². The molecule has 0 amide bonds. The summed E-state index contributed by atoms with van der Waals surface area (Å²) in [6.07, 6.45) is 5.71. The van der Waals surface area contributed by atoms with E-state index in [1.165, 1.54) is 11.1 Å². The molecule has 0 N–H and O–H groups in total. The highest BCUT2D eigenvalue weighted by molar-refractivity contribution is 5.62. The van der Waals surface area contributed by atoms with Crippen LogP contribution in [0.15, 0.2) is 67.1 Å². The average Bonchev–Trinajstić information content (AvgIpc) is 2.98. The first-order valence-corrected chi connectivity index (χ1v) is 14.6. The minimum Gasteiger partial charge on any atom is -0.301 e. The number of aromatic nitrogens is 2. The summed E-state index contributed by atoms with van der Waals surface area (Å²) in [7, 11) is 0. The monoisotopic (exact) mass is 530 g/mol. The molecule has 0 bridgehead atoms. The van der Waals surface area contributed by atoms with Crippen molar-refractivity contribution in [1.29, 1.82) is 0 Å². The van der Waals surface area contributed by atoms with Crippen LogP contribution in [0.3, 0.4) is 0 Å². The van der Waals surface area contributed by atoms with Gasteiger partial charge in [-0.3, -0.25) is 14.7 Å². The van der Waals surface area contributed by atoms with Gasteiger partial charge in [-0.1, -0.05) is 42.5 Å². The third kappa shape index (κ3) is 7.48. The lowest BCUT2D eigenvalue weighted by Gasteiger charge is -2.43. The van der Waals surface area contributed by atoms with Crippen LogP contribution < -0.4 is 0 Å². The van der Waals surface area contributed by atoms with Crippen LogP contribution in [-0.4, -0.2) is 101 Å². The number of piperazine rings is 2. The lowest BCUT2D eigenvalue weighted by atomic mass is 10.0. The molecule has 2 fully saturated rings. The zero-order valence-electron chi connectivity index (χ0n) is 23.6. The highest BCUT2D eigenvalue weighted by Crippen LogP contribution is 2.26. The molecular weight excluding hydrogens is 487 g/mol. The van der Waals surface area contributed by atoms with Gasteiger partial charge in [0.2, 0.25) is 0 Å². The predicted octanol–water partition coefficient (Wildman–Crippen LogP) is 4.60. The van der Waals surface area contributed by atoms with E-state index >= 15 is 0 Å². The van der Waals surface area contributed by atoms with Gasteiger partial charge in [0.25, 0.3) is 0 Å². The van der Waals surface area contributed by atoms with Gasteiger partial charge in [0.1, 0.15) is 12.1 Å². The Morgan fingerprint density at radius 3 is 2.15 bits per heavy atom. The third-order valence-electron chi connectivity index (χ3n) is 8.43. The topological polar surface area (TPSA) is 38.7 Å². The normalized spacial score (nSPS) is 19.0. The molecule has 3 aromatic rings. The molecule has 0 saturated carbocycles. The summed E-state index contributed by atoms with van der Waals surface area (Å²) in [6.45, 7) is 15.3. The van der Waals surface area contributed by atoms with Crippen LogP contribution in [-0.2, 0) is 6.42 Å². The maximum Gasteiger partial charge on any atom is 0.123 e. The number of rotatable bonds is 10. The SMILES string of the molecule is CC(C)N1CCN(C(CN2CCN(CCCc3cncnc3-c3ccccc3)CC2)c2ccc(F)cc2)CC1. The standard InChI is InChI=1S/C32H43FN6/c1-26(2)38-19-21-39(22-20-38)31(27-10-12-30(33)13-11-27)24-37-17-15-36(16-18-37)14-6-9-29-23-34-25-35-32(29)28-7-4-3-5-8-28/h3-5,7-8,10-13,23,25-26,31H,6,9,14-22,24H2,1-2H3. The fraction of sp³-hybridized carbons (Fsp3) is 0.500. The maximum atomic E-state index is 13.7. The number of aryl methyl sites for hydroxylation is 1. The second-order valence-electron chi connectivity index (χ2n) is 11.2. The second-order valence-corrected chi connectivity index (χ2v) is 11.2. The van der Waals surface area contributed by atoms with Crippen molar-refractivity contribution in [2.75, 3.05) is 65.4 Å². The van der Waals surface area contributed by atoms with E-state index in [2.05, 4.69) is 67.7 Å². The summed E-state index contributed by atoms with van der Waals surface area (Å²) in [6, 6.07) is 18.5. The first-order chi connectivity index (χ1) is 19.1. The van der Waals surface area contributed by atoms with Crippen molar-refractivity contribution >= 4 is 0 Å². The minimum absolute atomic E-state index is 0.159. The largest absolute Gasteiger partial charge is 0.301 e. The molecule has 1 aromatic heterocycles. The Labute approximate surface area is 233 Å². The molecule has 0 radical (unpaired) electrons. The van der Waals surface area contributed by atoms with Gasteiger partial charge in [-0.05, 0) is 56.5 Å². The van der Waals surface area contributed by atoms with E-state index < -0.39 is 0 Å². The number of hydrogen-bond acceptors (Lipinski definition) is 6. The van der Waals surface area contributed by atoms with Crippen LogP contribution >= 0.6 is 0 Å². The van der Waals surface area contributed by atoms with Crippen LogP contribution in [0.1, 0.15) is 37.4 Å². The van der Waals surface area contributed by atoms with Crippen molar-refractivity contribution in [3.63, 3.8) is 0 Å². The zero-order valence-corrected chi connectivity index (χ0v) is 23.6. The van der Waals surface area contributed by atoms with Crippen molar-refractivity contribution < 1.29 is 4.39 Å². The lowest BCUT2D eigenvalue weighted by molar-refractivity contribution is 0.0481. The summed E-state index contributed by atoms with van der Waals surface area (Å²) in [4.78, 5) is 19.2. The number of hydrogen-bond donors (Lipinski definition) is 0. The van der Waals surface area contributed by atoms with Crippen LogP contribution in [0.2, 0.25) is 0 Å². The summed E-state index contributed by atoms with van der Waals surface area (Å²) in [5, 5.41) is 0. The molecule has 5 rings (SSSR count). The fourth-order valence-corrected chi connectivity index (χ4v) is 6.01. The molecule has 2 aliphatic rings. The quantitative estimate of drug-likeness (QED) is 0.382. The molecule has 0 aliphatic carbocycles. The third-order valence-corrected chi connectivity index (χ3v) is 8.43. The predicted molar refractivity (Wildman–Crippen MR) is 156 cm³/mol. The van der Waals surface area contributed by atoms with Crippen molar-refractivity contribution in [2.24, 2.45) is 0 Å². The Hall–Kier alpha value is -2.71. The van der Waals surface area contributed by atoms with Gasteiger partial charge in [0.05, 0.1) is 5.69 Å². The molecule has 6 nitrogen and oxygen atoms in total. The number of benzene rings is 2. The van der Waals surface area contributed by atoms with Crippen LogP contribution in [0.4, 0.5) is 4.39 Å². The molecule has 208 valence electrons. The summed E-state index contributed by atoms with van der Waals surface area (Å²) in [5.74, 6) is -0.159. The highest BCUT2D eigenvalue weighted by atomic mass is 19.1. The highest BCUT2D eigenvalue weighted by Gasteiger charge is 2.29. The Kier molecular flexibility index (Phi) is 9.69. The smallest absolute Gasteiger partial charge is 0.123 e. The van der Waals surface area contributed by atoms with Gasteiger partial charge in [-0.25, -0.2) is 14.4 Å². The Balaban J connectivity index is 1.13. The number of nitrogens with zero attached hydrogens (tertiary/aromatic N) is 6. The Bertz CT molecular complexity index is 1140. The average molecular weight is 531 g/mol. The second kappa shape index (κ2) is 13.6. The van der Waals surface area contributed by atoms with Gasteiger partial charge < -0.3 is 4.90 Å². The first kappa shape index (κ1) is 27.8. The molecule has 2 aliphatic heterocycles. The molecule has 0 spiro atoms. The molecule has 39 heavy (non-hydrogen) atoms. The minimum atomic E-state index is -0.159. The summed E-state index contributed by atoms with van der Waals surface area (Å²) >= 11 is 0. The Morgan fingerprint density at radius 1 is 0.795 bits per heavy atom. The van der Waals surface area contributed by atoms with E-state index in [1.807, 2.05) is 24.4 Å². The lowest BCUT2D eigenvalue weighted by Crippen LogP contribution is -2.53. The van der Waals surface area contributed by atoms with Crippen LogP contribution in [0, 0.1) is 5.82 Å². The van der Waals surface area contributed by atoms with Crippen LogP contribution in [0.5, 0.6) is 0 Å². The van der Waals surface area contributed by atoms with Crippen molar-refractivity contribution in [2.45, 2.75) is 38.8 Å². The fourth-order valence-electron chi connectivity index (χ4n) is 6.01. The maximum absolute atomic E-state index is 13.7. The van der Waals surface area contributed by atoms with Gasteiger partial charge in [-0.15, -0.1) is 0 Å². The molecule has 2 aromatic carbocycles. The van der Waals surface area contributed by atoms with Gasteiger partial charge in [-0.2, -0.15) is 0 Å². The van der Waals surface area contributed by atoms with Crippen molar-refractivity contribution in [3.8, 4) is 11.3 Å². The Morgan fingerprint density at radius 2 is 1.46 bits per heavy atom. The molecule has 7 heteroatoms. The summed E-state index contributed by atoms with van der Waals surface area (Å²) in [5.41, 5.74) is 4.67. The molecule has 2 saturated heterocycles. The molecule has 1 atom stereocenters. The van der Waals surface area contributed by atoms with E-state index in [0.29, 0.717) is 12.1 Å². The van der Waals surface area contributed by atoms with Gasteiger partial charge >= 0.3 is 0 Å². The zero-order chi connectivity index (χ0) is 27.0. The number of halogens is 1. The molecule has 3 heterocycles. The van der Waals surface area contributed by atoms with E-state index in [-0.39, 0.29) is 5.82 Å². The molecule has 1 unspecified atom stereocenters. The van der Waals surface area contributed by atoms with Crippen molar-refractivity contribution in [3.05, 3.63) is 84.1 Å². The van der Waals surface area contributed by atoms with E-state index in [4.69, 9.17) is 0 Å². The van der Waals surface area contributed by atoms with Gasteiger partial charge in [0.15, 0.2) is 0 Å². The van der Waals surface area contributed by atoms with E-state index in [9.17, 15) is 4.39 Å². The van der Waals surface area contributed by atoms with E-state index in [0.717, 1.165) is 89.5 Å². The van der Waals surface area contributed by atoms with E-state index in [1.54, 1.807) is 18.5 Å². The first-order valence-electron chi connectivity index (χ1n) is 14.6. The van der Waals surface area contributed by atoms with Gasteiger partial charge in [0, 0.05) is 82.7 Å².